The Hall–Kier alpha value is -1.35. The van der Waals surface area contributed by atoms with Crippen LogP contribution in [0.4, 0.5) is 0 Å². The number of likely N-dealkylation sites (tertiary alicyclic amines) is 1. The van der Waals surface area contributed by atoms with Crippen molar-refractivity contribution in [3.63, 3.8) is 0 Å². The summed E-state index contributed by atoms with van der Waals surface area (Å²) in [5, 5.41) is 3.15. The quantitative estimate of drug-likeness (QED) is 0.923. The molecule has 0 aromatic heterocycles. The highest BCUT2D eigenvalue weighted by Gasteiger charge is 2.17. The van der Waals surface area contributed by atoms with E-state index in [-0.39, 0.29) is 11.9 Å². The van der Waals surface area contributed by atoms with Crippen molar-refractivity contribution in [1.82, 2.24) is 10.2 Å². The molecule has 3 nitrogen and oxygen atoms in total. The molecule has 1 amide bonds. The van der Waals surface area contributed by atoms with Crippen molar-refractivity contribution in [1.29, 1.82) is 0 Å². The van der Waals surface area contributed by atoms with Crippen LogP contribution in [0.5, 0.6) is 0 Å². The van der Waals surface area contributed by atoms with E-state index < -0.39 is 0 Å². The Labute approximate surface area is 127 Å². The van der Waals surface area contributed by atoms with E-state index in [1.54, 1.807) is 0 Å². The standard InChI is InChI=1S/C18H26N2O/c1-14(19-18(21)13-20-10-4-5-11-20)16-9-8-15-6-2-3-7-17(15)12-16/h8-9,12,14H,2-7,10-11,13H2,1H3,(H,19,21). The van der Waals surface area contributed by atoms with Gasteiger partial charge in [0.25, 0.3) is 0 Å². The van der Waals surface area contributed by atoms with Crippen LogP contribution in [-0.4, -0.2) is 30.4 Å². The van der Waals surface area contributed by atoms with Crippen LogP contribution in [0.2, 0.25) is 0 Å². The molecule has 114 valence electrons. The van der Waals surface area contributed by atoms with Gasteiger partial charge >= 0.3 is 0 Å². The number of amides is 1. The highest BCUT2D eigenvalue weighted by molar-refractivity contribution is 5.78. The van der Waals surface area contributed by atoms with Crippen LogP contribution in [0.25, 0.3) is 0 Å². The lowest BCUT2D eigenvalue weighted by Crippen LogP contribution is -2.37. The first-order valence-corrected chi connectivity index (χ1v) is 8.36. The van der Waals surface area contributed by atoms with Gasteiger partial charge in [-0.25, -0.2) is 0 Å². The van der Waals surface area contributed by atoms with E-state index >= 15 is 0 Å². The van der Waals surface area contributed by atoms with E-state index in [1.807, 2.05) is 0 Å². The molecule has 1 aliphatic carbocycles. The van der Waals surface area contributed by atoms with E-state index in [2.05, 4.69) is 35.3 Å². The Morgan fingerprint density at radius 2 is 1.86 bits per heavy atom. The molecule has 1 saturated heterocycles. The van der Waals surface area contributed by atoms with Crippen molar-refractivity contribution in [3.05, 3.63) is 34.9 Å². The molecule has 1 fully saturated rings. The molecule has 1 aliphatic heterocycles. The smallest absolute Gasteiger partial charge is 0.234 e. The monoisotopic (exact) mass is 286 g/mol. The summed E-state index contributed by atoms with van der Waals surface area (Å²) in [5.41, 5.74) is 4.23. The van der Waals surface area contributed by atoms with Crippen LogP contribution in [0.1, 0.15) is 55.3 Å². The van der Waals surface area contributed by atoms with Crippen LogP contribution >= 0.6 is 0 Å². The van der Waals surface area contributed by atoms with Crippen molar-refractivity contribution in [2.24, 2.45) is 0 Å². The first kappa shape index (κ1) is 14.6. The Balaban J connectivity index is 1.59. The predicted molar refractivity (Wildman–Crippen MR) is 85.3 cm³/mol. The molecule has 0 spiro atoms. The van der Waals surface area contributed by atoms with Crippen molar-refractivity contribution < 1.29 is 4.79 Å². The predicted octanol–water partition coefficient (Wildman–Crippen LogP) is 2.84. The molecule has 1 N–H and O–H groups in total. The summed E-state index contributed by atoms with van der Waals surface area (Å²) >= 11 is 0. The Bertz CT molecular complexity index is 506. The van der Waals surface area contributed by atoms with Crippen LogP contribution < -0.4 is 5.32 Å². The minimum absolute atomic E-state index is 0.104. The van der Waals surface area contributed by atoms with E-state index in [0.29, 0.717) is 6.54 Å². The van der Waals surface area contributed by atoms with Crippen LogP contribution in [0, 0.1) is 0 Å². The molecule has 2 aliphatic rings. The van der Waals surface area contributed by atoms with Gasteiger partial charge < -0.3 is 5.32 Å². The maximum atomic E-state index is 12.1. The number of aryl methyl sites for hydroxylation is 2. The molecule has 1 aromatic carbocycles. The lowest BCUT2D eigenvalue weighted by Gasteiger charge is -2.21. The molecule has 1 aromatic rings. The van der Waals surface area contributed by atoms with Gasteiger partial charge in [0.15, 0.2) is 0 Å². The largest absolute Gasteiger partial charge is 0.348 e. The molecule has 0 saturated carbocycles. The topological polar surface area (TPSA) is 32.3 Å². The van der Waals surface area contributed by atoms with Gasteiger partial charge in [0.05, 0.1) is 12.6 Å². The van der Waals surface area contributed by atoms with Gasteiger partial charge in [-0.1, -0.05) is 18.2 Å². The molecule has 0 radical (unpaired) electrons. The third-order valence-electron chi connectivity index (χ3n) is 4.82. The molecule has 0 bridgehead atoms. The normalized spacial score (nSPS) is 20.0. The molecular formula is C18H26N2O. The van der Waals surface area contributed by atoms with Gasteiger partial charge in [0.1, 0.15) is 0 Å². The number of hydrogen-bond donors (Lipinski definition) is 1. The van der Waals surface area contributed by atoms with Gasteiger partial charge in [-0.05, 0) is 75.2 Å². The molecule has 1 atom stereocenters. The molecule has 3 heteroatoms. The summed E-state index contributed by atoms with van der Waals surface area (Å²) in [6.07, 6.45) is 7.48. The SMILES string of the molecule is CC(NC(=O)CN1CCCC1)c1ccc2c(c1)CCCC2. The van der Waals surface area contributed by atoms with E-state index in [4.69, 9.17) is 0 Å². The average Bonchev–Trinajstić information content (AvgIpc) is 2.99. The van der Waals surface area contributed by atoms with Gasteiger partial charge in [-0.15, -0.1) is 0 Å². The molecule has 1 heterocycles. The second-order valence-electron chi connectivity index (χ2n) is 6.51. The Morgan fingerprint density at radius 3 is 2.62 bits per heavy atom. The molecule has 21 heavy (non-hydrogen) atoms. The summed E-state index contributed by atoms with van der Waals surface area (Å²) in [6, 6.07) is 6.85. The summed E-state index contributed by atoms with van der Waals surface area (Å²) < 4.78 is 0. The number of fused-ring (bicyclic) bond motifs is 1. The number of nitrogens with one attached hydrogen (secondary N) is 1. The third-order valence-corrected chi connectivity index (χ3v) is 4.82. The average molecular weight is 286 g/mol. The first-order valence-electron chi connectivity index (χ1n) is 8.36. The summed E-state index contributed by atoms with van der Waals surface area (Å²) in [7, 11) is 0. The van der Waals surface area contributed by atoms with Gasteiger partial charge in [-0.3, -0.25) is 9.69 Å². The number of benzene rings is 1. The number of hydrogen-bond acceptors (Lipinski definition) is 2. The second-order valence-corrected chi connectivity index (χ2v) is 6.51. The highest BCUT2D eigenvalue weighted by Crippen LogP contribution is 2.24. The van der Waals surface area contributed by atoms with Crippen molar-refractivity contribution in [2.45, 2.75) is 51.5 Å². The molecular weight excluding hydrogens is 260 g/mol. The zero-order valence-electron chi connectivity index (χ0n) is 13.0. The first-order chi connectivity index (χ1) is 10.2. The van der Waals surface area contributed by atoms with Crippen LogP contribution in [0.15, 0.2) is 18.2 Å². The van der Waals surface area contributed by atoms with Crippen LogP contribution in [0.3, 0.4) is 0 Å². The molecule has 3 rings (SSSR count). The van der Waals surface area contributed by atoms with Crippen molar-refractivity contribution in [3.8, 4) is 0 Å². The number of rotatable bonds is 4. The van der Waals surface area contributed by atoms with Gasteiger partial charge in [0, 0.05) is 0 Å². The van der Waals surface area contributed by atoms with E-state index in [1.165, 1.54) is 55.2 Å². The fraction of sp³-hybridized carbons (Fsp3) is 0.611. The van der Waals surface area contributed by atoms with Crippen molar-refractivity contribution >= 4 is 5.91 Å². The summed E-state index contributed by atoms with van der Waals surface area (Å²) in [4.78, 5) is 14.4. The van der Waals surface area contributed by atoms with Gasteiger partial charge in [0.2, 0.25) is 5.91 Å². The second kappa shape index (κ2) is 6.61. The summed E-state index contributed by atoms with van der Waals surface area (Å²) in [5.74, 6) is 0.155. The minimum atomic E-state index is 0.104. The minimum Gasteiger partial charge on any atom is -0.348 e. The molecule has 1 unspecified atom stereocenters. The fourth-order valence-corrected chi connectivity index (χ4v) is 3.54. The van der Waals surface area contributed by atoms with Gasteiger partial charge in [-0.2, -0.15) is 0 Å². The number of carbonyl (C=O) groups excluding carboxylic acids is 1. The third kappa shape index (κ3) is 3.65. The zero-order valence-corrected chi connectivity index (χ0v) is 13.0. The van der Waals surface area contributed by atoms with Crippen LogP contribution in [-0.2, 0) is 17.6 Å². The number of carbonyl (C=O) groups is 1. The fourth-order valence-electron chi connectivity index (χ4n) is 3.54. The number of nitrogens with zero attached hydrogens (tertiary/aromatic N) is 1. The van der Waals surface area contributed by atoms with E-state index in [9.17, 15) is 4.79 Å². The lowest BCUT2D eigenvalue weighted by atomic mass is 9.89. The Morgan fingerprint density at radius 1 is 1.14 bits per heavy atom. The maximum Gasteiger partial charge on any atom is 0.234 e. The summed E-state index contributed by atoms with van der Waals surface area (Å²) in [6.45, 7) is 4.78. The lowest BCUT2D eigenvalue weighted by molar-refractivity contribution is -0.122. The van der Waals surface area contributed by atoms with Crippen molar-refractivity contribution in [2.75, 3.05) is 19.6 Å². The highest BCUT2D eigenvalue weighted by atomic mass is 16.2. The zero-order chi connectivity index (χ0) is 14.7. The maximum absolute atomic E-state index is 12.1. The van der Waals surface area contributed by atoms with E-state index in [0.717, 1.165) is 13.1 Å². The Kier molecular flexibility index (Phi) is 4.59.